The Kier molecular flexibility index (Phi) is 9.12. The summed E-state index contributed by atoms with van der Waals surface area (Å²) in [6.45, 7) is 5.84. The molecule has 2 aromatic carbocycles. The van der Waals surface area contributed by atoms with Crippen molar-refractivity contribution in [2.45, 2.75) is 57.8 Å². The van der Waals surface area contributed by atoms with E-state index in [0.717, 1.165) is 22.4 Å². The number of pyridine rings is 1. The molecule has 1 aliphatic heterocycles. The standard InChI is InChI=1S/C35H41N7O5/c1-21(2)13-28-33(44)37-11-12-42(20-30-38-26-7-5-6-8-27(26)39-30)19-22-14-25(31(47-4)29(15-22)46-3)23-16-24(18-36-17-23)32(43)41-35(9-10-35)34(45)40-28/h5-8,14-18,21,28H,9-13,19-20H2,1-4H3,(H,37,44)(H,38,39)(H,40,45)(H,41,43)/t28-/m1/s1. The van der Waals surface area contributed by atoms with Crippen molar-refractivity contribution >= 4 is 28.8 Å². The predicted octanol–water partition coefficient (Wildman–Crippen LogP) is 3.57. The van der Waals surface area contributed by atoms with Crippen molar-refractivity contribution in [3.8, 4) is 22.6 Å². The van der Waals surface area contributed by atoms with Crippen LogP contribution in [0.3, 0.4) is 0 Å². The summed E-state index contributed by atoms with van der Waals surface area (Å²) in [5, 5.41) is 8.91. The number of carbonyl (C=O) groups is 3. The molecule has 4 aromatic rings. The predicted molar refractivity (Wildman–Crippen MR) is 177 cm³/mol. The highest BCUT2D eigenvalue weighted by Gasteiger charge is 2.52. The Labute approximate surface area is 273 Å². The number of hydrogen-bond donors (Lipinski definition) is 4. The first-order valence-electron chi connectivity index (χ1n) is 16.0. The molecule has 0 unspecified atom stereocenters. The van der Waals surface area contributed by atoms with E-state index in [1.165, 1.54) is 6.20 Å². The van der Waals surface area contributed by atoms with Crippen LogP contribution in [0.5, 0.6) is 11.5 Å². The molecule has 246 valence electrons. The molecule has 3 heterocycles. The maximum Gasteiger partial charge on any atom is 0.253 e. The van der Waals surface area contributed by atoms with Gasteiger partial charge in [0.15, 0.2) is 11.5 Å². The van der Waals surface area contributed by atoms with Gasteiger partial charge in [-0.05, 0) is 61.1 Å². The van der Waals surface area contributed by atoms with Gasteiger partial charge in [0.1, 0.15) is 17.4 Å². The number of nitrogens with zero attached hydrogens (tertiary/aromatic N) is 3. The number of rotatable bonds is 6. The molecule has 47 heavy (non-hydrogen) atoms. The number of nitrogens with one attached hydrogen (secondary N) is 4. The van der Waals surface area contributed by atoms with Gasteiger partial charge in [-0.25, -0.2) is 4.98 Å². The van der Waals surface area contributed by atoms with E-state index in [1.807, 2.05) is 50.2 Å². The maximum atomic E-state index is 13.5. The van der Waals surface area contributed by atoms with Crippen molar-refractivity contribution < 1.29 is 23.9 Å². The quantitative estimate of drug-likeness (QED) is 0.250. The maximum absolute atomic E-state index is 13.5. The molecular weight excluding hydrogens is 598 g/mol. The van der Waals surface area contributed by atoms with E-state index in [1.54, 1.807) is 26.5 Å². The summed E-state index contributed by atoms with van der Waals surface area (Å²) in [7, 11) is 3.16. The number of benzene rings is 2. The van der Waals surface area contributed by atoms with Crippen molar-refractivity contribution in [1.82, 2.24) is 35.8 Å². The van der Waals surface area contributed by atoms with E-state index in [2.05, 4.69) is 30.8 Å². The number of carbonyl (C=O) groups excluding carboxylic acids is 3. The van der Waals surface area contributed by atoms with Gasteiger partial charge >= 0.3 is 0 Å². The van der Waals surface area contributed by atoms with Gasteiger partial charge in [-0.2, -0.15) is 0 Å². The van der Waals surface area contributed by atoms with E-state index in [0.29, 0.717) is 73.6 Å². The van der Waals surface area contributed by atoms with Gasteiger partial charge in [-0.15, -0.1) is 0 Å². The first-order valence-corrected chi connectivity index (χ1v) is 16.0. The van der Waals surface area contributed by atoms with E-state index in [4.69, 9.17) is 14.5 Å². The fraction of sp³-hybridized carbons (Fsp3) is 0.400. The van der Waals surface area contributed by atoms with E-state index in [-0.39, 0.29) is 17.7 Å². The second kappa shape index (κ2) is 13.4. The Hall–Kier alpha value is -4.97. The third kappa shape index (κ3) is 7.07. The number of amides is 3. The van der Waals surface area contributed by atoms with Crippen molar-refractivity contribution in [3.05, 3.63) is 71.8 Å². The molecule has 0 saturated heterocycles. The summed E-state index contributed by atoms with van der Waals surface area (Å²) < 4.78 is 11.5. The molecule has 4 N–H and O–H groups in total. The summed E-state index contributed by atoms with van der Waals surface area (Å²) in [4.78, 5) is 55.3. The van der Waals surface area contributed by atoms with Gasteiger partial charge in [0.25, 0.3) is 5.91 Å². The molecule has 1 spiro atoms. The average molecular weight is 640 g/mol. The highest BCUT2D eigenvalue weighted by molar-refractivity contribution is 6.02. The van der Waals surface area contributed by atoms with Gasteiger partial charge in [0.2, 0.25) is 11.8 Å². The zero-order valence-electron chi connectivity index (χ0n) is 27.2. The first-order chi connectivity index (χ1) is 22.7. The lowest BCUT2D eigenvalue weighted by Crippen LogP contribution is -2.55. The number of ether oxygens (including phenoxy) is 2. The normalized spacial score (nSPS) is 18.7. The molecule has 1 aliphatic carbocycles. The molecule has 0 radical (unpaired) electrons. The van der Waals surface area contributed by atoms with Gasteiger partial charge in [0, 0.05) is 43.2 Å². The first kappa shape index (κ1) is 32.0. The third-order valence-electron chi connectivity index (χ3n) is 8.66. The summed E-state index contributed by atoms with van der Waals surface area (Å²) in [6.07, 6.45) is 4.58. The van der Waals surface area contributed by atoms with E-state index in [9.17, 15) is 14.4 Å². The van der Waals surface area contributed by atoms with Crippen LogP contribution in [-0.2, 0) is 22.7 Å². The molecule has 1 saturated carbocycles. The molecule has 4 bridgehead atoms. The zero-order chi connectivity index (χ0) is 33.1. The topological polar surface area (TPSA) is 151 Å². The minimum atomic E-state index is -1.07. The molecule has 2 aliphatic rings. The number of imidazole rings is 1. The number of aromatic amines is 1. The van der Waals surface area contributed by atoms with Crippen LogP contribution < -0.4 is 25.4 Å². The highest BCUT2D eigenvalue weighted by atomic mass is 16.5. The van der Waals surface area contributed by atoms with Crippen LogP contribution in [0, 0.1) is 5.92 Å². The summed E-state index contributed by atoms with van der Waals surface area (Å²) in [5.41, 5.74) is 3.36. The molecule has 3 amide bonds. The van der Waals surface area contributed by atoms with Gasteiger partial charge < -0.3 is 30.4 Å². The lowest BCUT2D eigenvalue weighted by atomic mass is 10.00. The second-order valence-electron chi connectivity index (χ2n) is 12.7. The smallest absolute Gasteiger partial charge is 0.253 e. The largest absolute Gasteiger partial charge is 0.493 e. The Balaban J connectivity index is 1.40. The van der Waals surface area contributed by atoms with Crippen molar-refractivity contribution in [2.75, 3.05) is 27.3 Å². The van der Waals surface area contributed by atoms with Crippen LogP contribution in [0.15, 0.2) is 54.9 Å². The molecular formula is C35H41N7O5. The molecule has 12 heteroatoms. The molecule has 1 atom stereocenters. The van der Waals surface area contributed by atoms with Gasteiger partial charge in [-0.3, -0.25) is 24.3 Å². The van der Waals surface area contributed by atoms with Crippen molar-refractivity contribution in [2.24, 2.45) is 5.92 Å². The van der Waals surface area contributed by atoms with Crippen LogP contribution in [0.25, 0.3) is 22.2 Å². The Bertz CT molecular complexity index is 1770. The molecule has 6 rings (SSSR count). The van der Waals surface area contributed by atoms with Crippen LogP contribution in [0.4, 0.5) is 0 Å². The number of aromatic nitrogens is 3. The lowest BCUT2D eigenvalue weighted by Gasteiger charge is -2.26. The van der Waals surface area contributed by atoms with Crippen LogP contribution in [0.2, 0.25) is 0 Å². The lowest BCUT2D eigenvalue weighted by molar-refractivity contribution is -0.130. The number of H-pyrrole nitrogens is 1. The Morgan fingerprint density at radius 1 is 1.02 bits per heavy atom. The molecule has 1 fully saturated rings. The number of methoxy groups -OCH3 is 2. The SMILES string of the molecule is COc1cc2cc(c1OC)-c1cncc(c1)C(=O)NC1(CC1)C(=O)N[C@H](CC(C)C)C(=O)NCCN(Cc1nc3ccccc3[nH]1)C2. The van der Waals surface area contributed by atoms with Crippen LogP contribution >= 0.6 is 0 Å². The summed E-state index contributed by atoms with van der Waals surface area (Å²) in [5.74, 6) is 0.958. The Morgan fingerprint density at radius 3 is 2.53 bits per heavy atom. The monoisotopic (exact) mass is 639 g/mol. The van der Waals surface area contributed by atoms with Crippen molar-refractivity contribution in [3.63, 3.8) is 0 Å². The zero-order valence-corrected chi connectivity index (χ0v) is 27.2. The fourth-order valence-corrected chi connectivity index (χ4v) is 6.09. The third-order valence-corrected chi connectivity index (χ3v) is 8.66. The average Bonchev–Trinajstić information content (AvgIpc) is 3.73. The van der Waals surface area contributed by atoms with Gasteiger partial charge in [-0.1, -0.05) is 26.0 Å². The molecule has 12 nitrogen and oxygen atoms in total. The van der Waals surface area contributed by atoms with Gasteiger partial charge in [0.05, 0.1) is 37.4 Å². The van der Waals surface area contributed by atoms with E-state index >= 15 is 0 Å². The van der Waals surface area contributed by atoms with E-state index < -0.39 is 17.5 Å². The van der Waals surface area contributed by atoms with Crippen LogP contribution in [0.1, 0.15) is 54.9 Å². The Morgan fingerprint density at radius 2 is 1.81 bits per heavy atom. The summed E-state index contributed by atoms with van der Waals surface area (Å²) in [6, 6.07) is 12.8. The second-order valence-corrected chi connectivity index (χ2v) is 12.7. The fourth-order valence-electron chi connectivity index (χ4n) is 6.09. The number of para-hydroxylation sites is 2. The highest BCUT2D eigenvalue weighted by Crippen LogP contribution is 2.40. The minimum absolute atomic E-state index is 0.159. The van der Waals surface area contributed by atoms with Crippen molar-refractivity contribution in [1.29, 1.82) is 0 Å². The molecule has 2 aromatic heterocycles. The van der Waals surface area contributed by atoms with Crippen LogP contribution in [-0.4, -0.2) is 76.5 Å². The number of hydrogen-bond acceptors (Lipinski definition) is 8. The minimum Gasteiger partial charge on any atom is -0.493 e. The summed E-state index contributed by atoms with van der Waals surface area (Å²) >= 11 is 0. The number of fused-ring (bicyclic) bond motifs is 6.